The normalized spacial score (nSPS) is 11.7. The fourth-order valence-electron chi connectivity index (χ4n) is 1.49. The molecule has 0 bridgehead atoms. The highest BCUT2D eigenvalue weighted by Crippen LogP contribution is 2.13. The van der Waals surface area contributed by atoms with Gasteiger partial charge in [0.25, 0.3) is 0 Å². The lowest BCUT2D eigenvalue weighted by atomic mass is 9.93. The van der Waals surface area contributed by atoms with Gasteiger partial charge in [0.1, 0.15) is 0 Å². The van der Waals surface area contributed by atoms with Crippen molar-refractivity contribution in [3.8, 4) is 0 Å². The molecule has 82 valence electrons. The predicted molar refractivity (Wildman–Crippen MR) is 64.3 cm³/mol. The molecule has 14 heavy (non-hydrogen) atoms. The lowest BCUT2D eigenvalue weighted by Gasteiger charge is -2.33. The molecule has 0 amide bonds. The Morgan fingerprint density at radius 3 is 1.86 bits per heavy atom. The first-order chi connectivity index (χ1) is 6.61. The quantitative estimate of drug-likeness (QED) is 0.603. The van der Waals surface area contributed by atoms with Crippen molar-refractivity contribution in [1.82, 2.24) is 4.90 Å². The minimum atomic E-state index is -0.0635. The van der Waals surface area contributed by atoms with E-state index in [2.05, 4.69) is 31.9 Å². The summed E-state index contributed by atoms with van der Waals surface area (Å²) in [4.78, 5) is 2.27. The number of rotatable bonds is 8. The van der Waals surface area contributed by atoms with Crippen LogP contribution in [0.3, 0.4) is 0 Å². The van der Waals surface area contributed by atoms with Gasteiger partial charge in [0, 0.05) is 25.2 Å². The second kappa shape index (κ2) is 6.80. The number of hydrogen-bond acceptors (Lipinski definition) is 2. The predicted octanol–water partition coefficient (Wildman–Crippen LogP) is 2.18. The Morgan fingerprint density at radius 2 is 1.57 bits per heavy atom. The Morgan fingerprint density at radius 1 is 1.14 bits per heavy atom. The molecule has 2 nitrogen and oxygen atoms in total. The van der Waals surface area contributed by atoms with E-state index >= 15 is 0 Å². The van der Waals surface area contributed by atoms with E-state index in [1.807, 2.05) is 12.2 Å². The van der Waals surface area contributed by atoms with Crippen LogP contribution >= 0.6 is 0 Å². The van der Waals surface area contributed by atoms with Gasteiger partial charge >= 0.3 is 0 Å². The SMILES string of the molecule is C=CCN(CC=C)CC(N)(CC)CC. The van der Waals surface area contributed by atoms with E-state index in [4.69, 9.17) is 5.73 Å². The van der Waals surface area contributed by atoms with Crippen LogP contribution in [0.2, 0.25) is 0 Å². The van der Waals surface area contributed by atoms with Crippen molar-refractivity contribution in [2.24, 2.45) is 5.73 Å². The van der Waals surface area contributed by atoms with Crippen LogP contribution in [0.15, 0.2) is 25.3 Å². The zero-order valence-electron chi connectivity index (χ0n) is 9.63. The highest BCUT2D eigenvalue weighted by Gasteiger charge is 2.22. The maximum Gasteiger partial charge on any atom is 0.0278 e. The summed E-state index contributed by atoms with van der Waals surface area (Å²) < 4.78 is 0. The lowest BCUT2D eigenvalue weighted by Crippen LogP contribution is -2.49. The lowest BCUT2D eigenvalue weighted by molar-refractivity contribution is 0.232. The third-order valence-corrected chi connectivity index (χ3v) is 2.72. The van der Waals surface area contributed by atoms with Crippen LogP contribution in [-0.2, 0) is 0 Å². The molecule has 2 N–H and O–H groups in total. The molecule has 2 heteroatoms. The molecule has 0 spiro atoms. The van der Waals surface area contributed by atoms with Gasteiger partial charge in [-0.2, -0.15) is 0 Å². The molecule has 0 saturated heterocycles. The highest BCUT2D eigenvalue weighted by atomic mass is 15.1. The van der Waals surface area contributed by atoms with Gasteiger partial charge in [0.15, 0.2) is 0 Å². The van der Waals surface area contributed by atoms with E-state index in [-0.39, 0.29) is 5.54 Å². The first kappa shape index (κ1) is 13.4. The molecule has 0 heterocycles. The van der Waals surface area contributed by atoms with Gasteiger partial charge in [-0.15, -0.1) is 13.2 Å². The minimum absolute atomic E-state index is 0.0635. The van der Waals surface area contributed by atoms with Crippen LogP contribution < -0.4 is 5.73 Å². The van der Waals surface area contributed by atoms with Gasteiger partial charge in [-0.1, -0.05) is 26.0 Å². The van der Waals surface area contributed by atoms with Crippen LogP contribution in [0.5, 0.6) is 0 Å². The fourth-order valence-corrected chi connectivity index (χ4v) is 1.49. The summed E-state index contributed by atoms with van der Waals surface area (Å²) in [5.74, 6) is 0. The topological polar surface area (TPSA) is 29.3 Å². The van der Waals surface area contributed by atoms with Gasteiger partial charge in [-0.25, -0.2) is 0 Å². The molecule has 0 aromatic heterocycles. The second-order valence-electron chi connectivity index (χ2n) is 3.84. The van der Waals surface area contributed by atoms with E-state index in [1.54, 1.807) is 0 Å². The van der Waals surface area contributed by atoms with Crippen LogP contribution in [0, 0.1) is 0 Å². The Hall–Kier alpha value is -0.600. The van der Waals surface area contributed by atoms with Crippen molar-refractivity contribution in [2.75, 3.05) is 19.6 Å². The number of nitrogens with zero attached hydrogens (tertiary/aromatic N) is 1. The Kier molecular flexibility index (Phi) is 6.50. The van der Waals surface area contributed by atoms with Gasteiger partial charge in [0.05, 0.1) is 0 Å². The van der Waals surface area contributed by atoms with Gasteiger partial charge in [-0.05, 0) is 12.8 Å². The summed E-state index contributed by atoms with van der Waals surface area (Å²) in [7, 11) is 0. The van der Waals surface area contributed by atoms with E-state index in [9.17, 15) is 0 Å². The maximum absolute atomic E-state index is 6.25. The smallest absolute Gasteiger partial charge is 0.0278 e. The average Bonchev–Trinajstić information content (AvgIpc) is 2.18. The van der Waals surface area contributed by atoms with Gasteiger partial charge < -0.3 is 5.73 Å². The van der Waals surface area contributed by atoms with Gasteiger partial charge in [0.2, 0.25) is 0 Å². The molecule has 0 aliphatic heterocycles. The summed E-state index contributed by atoms with van der Waals surface area (Å²) in [6.07, 6.45) is 5.84. The largest absolute Gasteiger partial charge is 0.324 e. The Bertz CT molecular complexity index is 161. The zero-order valence-corrected chi connectivity index (χ0v) is 9.63. The zero-order chi connectivity index (χ0) is 11.0. The Labute approximate surface area is 88.5 Å². The van der Waals surface area contributed by atoms with Crippen molar-refractivity contribution < 1.29 is 0 Å². The molecular weight excluding hydrogens is 172 g/mol. The Balaban J connectivity index is 4.23. The molecule has 0 atom stereocenters. The van der Waals surface area contributed by atoms with Crippen LogP contribution in [0.1, 0.15) is 26.7 Å². The molecule has 0 unspecified atom stereocenters. The van der Waals surface area contributed by atoms with Gasteiger partial charge in [-0.3, -0.25) is 4.90 Å². The minimum Gasteiger partial charge on any atom is -0.324 e. The van der Waals surface area contributed by atoms with Crippen molar-refractivity contribution in [1.29, 1.82) is 0 Å². The molecule has 0 aromatic carbocycles. The molecule has 0 fully saturated rings. The molecule has 0 radical (unpaired) electrons. The van der Waals surface area contributed by atoms with E-state index in [0.29, 0.717) is 0 Å². The molecule has 0 aromatic rings. The molecule has 0 saturated carbocycles. The van der Waals surface area contributed by atoms with E-state index < -0.39 is 0 Å². The van der Waals surface area contributed by atoms with Crippen molar-refractivity contribution in [2.45, 2.75) is 32.2 Å². The van der Waals surface area contributed by atoms with Crippen LogP contribution in [0.25, 0.3) is 0 Å². The highest BCUT2D eigenvalue weighted by molar-refractivity contribution is 4.89. The number of hydrogen-bond donors (Lipinski definition) is 1. The molecule has 0 rings (SSSR count). The van der Waals surface area contributed by atoms with Crippen molar-refractivity contribution >= 4 is 0 Å². The molecular formula is C12H24N2. The molecule has 0 aliphatic rings. The first-order valence-corrected chi connectivity index (χ1v) is 5.35. The standard InChI is InChI=1S/C12H24N2/c1-5-9-14(10-6-2)11-12(13,7-3)8-4/h5-6H,1-2,7-11,13H2,3-4H3. The van der Waals surface area contributed by atoms with Crippen LogP contribution in [0.4, 0.5) is 0 Å². The average molecular weight is 196 g/mol. The number of nitrogens with two attached hydrogens (primary N) is 1. The maximum atomic E-state index is 6.25. The first-order valence-electron chi connectivity index (χ1n) is 5.35. The fraction of sp³-hybridized carbons (Fsp3) is 0.667. The van der Waals surface area contributed by atoms with Crippen LogP contribution in [-0.4, -0.2) is 30.1 Å². The summed E-state index contributed by atoms with van der Waals surface area (Å²) in [6, 6.07) is 0. The monoisotopic (exact) mass is 196 g/mol. The summed E-state index contributed by atoms with van der Waals surface area (Å²) in [5.41, 5.74) is 6.18. The summed E-state index contributed by atoms with van der Waals surface area (Å²) in [5, 5.41) is 0. The second-order valence-corrected chi connectivity index (χ2v) is 3.84. The van der Waals surface area contributed by atoms with Crippen molar-refractivity contribution in [3.05, 3.63) is 25.3 Å². The summed E-state index contributed by atoms with van der Waals surface area (Å²) >= 11 is 0. The molecule has 0 aliphatic carbocycles. The van der Waals surface area contributed by atoms with E-state index in [1.165, 1.54) is 0 Å². The third kappa shape index (κ3) is 4.58. The third-order valence-electron chi connectivity index (χ3n) is 2.72. The van der Waals surface area contributed by atoms with Crippen molar-refractivity contribution in [3.63, 3.8) is 0 Å². The summed E-state index contributed by atoms with van der Waals surface area (Å²) in [6.45, 7) is 14.5. The van der Waals surface area contributed by atoms with E-state index in [0.717, 1.165) is 32.5 Å².